The van der Waals surface area contributed by atoms with Crippen LogP contribution in [0.25, 0.3) is 16.9 Å². The molecule has 2 aromatic heterocycles. The molecule has 10 heteroatoms. The van der Waals surface area contributed by atoms with Gasteiger partial charge in [-0.3, -0.25) is 14.7 Å². The van der Waals surface area contributed by atoms with E-state index < -0.39 is 34.5 Å². The Bertz CT molecular complexity index is 1020. The SMILES string of the molecule is NC(=O)c1c(=O)cc(-c2cc(F)cc(C(F)(F)F)c2)n2[nH]cnc12. The second kappa shape index (κ2) is 5.18. The van der Waals surface area contributed by atoms with Gasteiger partial charge >= 0.3 is 6.18 Å². The molecule has 2 heterocycles. The quantitative estimate of drug-likeness (QED) is 0.698. The maximum Gasteiger partial charge on any atom is 0.416 e. The molecule has 0 saturated carbocycles. The van der Waals surface area contributed by atoms with E-state index in [-0.39, 0.29) is 16.9 Å². The molecule has 3 N–H and O–H groups in total. The summed E-state index contributed by atoms with van der Waals surface area (Å²) in [7, 11) is 0. The number of benzene rings is 1. The first kappa shape index (κ1) is 15.7. The molecule has 0 atom stereocenters. The minimum Gasteiger partial charge on any atom is -0.365 e. The average molecular weight is 340 g/mol. The van der Waals surface area contributed by atoms with Crippen LogP contribution < -0.4 is 11.2 Å². The number of hydrogen-bond donors (Lipinski definition) is 2. The maximum atomic E-state index is 13.6. The number of halogens is 4. The van der Waals surface area contributed by atoms with E-state index in [1.807, 2.05) is 0 Å². The van der Waals surface area contributed by atoms with E-state index in [1.165, 1.54) is 0 Å². The van der Waals surface area contributed by atoms with Crippen LogP contribution in [0.5, 0.6) is 0 Å². The zero-order valence-electron chi connectivity index (χ0n) is 11.7. The minimum atomic E-state index is -4.76. The Balaban J connectivity index is 2.34. The van der Waals surface area contributed by atoms with Crippen LogP contribution in [-0.2, 0) is 6.18 Å². The molecule has 0 fully saturated rings. The number of amides is 1. The number of nitrogens with one attached hydrogen (secondary N) is 1. The van der Waals surface area contributed by atoms with Gasteiger partial charge in [0.05, 0.1) is 11.3 Å². The lowest BCUT2D eigenvalue weighted by Crippen LogP contribution is -2.23. The Hall–Kier alpha value is -3.17. The number of aromatic nitrogens is 3. The Labute approximate surface area is 130 Å². The summed E-state index contributed by atoms with van der Waals surface area (Å²) in [4.78, 5) is 27.2. The highest BCUT2D eigenvalue weighted by molar-refractivity contribution is 5.99. The van der Waals surface area contributed by atoms with Crippen LogP contribution >= 0.6 is 0 Å². The molecule has 0 aliphatic carbocycles. The van der Waals surface area contributed by atoms with Crippen LogP contribution in [0.1, 0.15) is 15.9 Å². The second-order valence-electron chi connectivity index (χ2n) is 4.91. The van der Waals surface area contributed by atoms with Crippen molar-refractivity contribution in [2.24, 2.45) is 5.73 Å². The Morgan fingerprint density at radius 3 is 2.54 bits per heavy atom. The topological polar surface area (TPSA) is 93.3 Å². The number of nitrogens with two attached hydrogens (primary N) is 1. The van der Waals surface area contributed by atoms with E-state index in [4.69, 9.17) is 5.73 Å². The van der Waals surface area contributed by atoms with Crippen LogP contribution in [0.3, 0.4) is 0 Å². The van der Waals surface area contributed by atoms with E-state index in [1.54, 1.807) is 0 Å². The molecule has 6 nitrogen and oxygen atoms in total. The van der Waals surface area contributed by atoms with E-state index in [0.717, 1.165) is 23.0 Å². The average Bonchev–Trinajstić information content (AvgIpc) is 2.93. The standard InChI is InChI=1S/C14H8F4N4O2/c15-8-2-6(1-7(3-8)14(16,17)18)9-4-10(23)11(12(19)24)13-20-5-21-22(9)13/h1-5H,(H2,19,24)(H,20,21). The number of nitrogens with zero attached hydrogens (tertiary/aromatic N) is 2. The third-order valence-electron chi connectivity index (χ3n) is 3.33. The number of alkyl halides is 3. The van der Waals surface area contributed by atoms with Crippen molar-refractivity contribution in [3.8, 4) is 11.3 Å². The van der Waals surface area contributed by atoms with Gasteiger partial charge in [-0.15, -0.1) is 0 Å². The van der Waals surface area contributed by atoms with Crippen molar-refractivity contribution in [3.05, 3.63) is 57.8 Å². The van der Waals surface area contributed by atoms with E-state index in [0.29, 0.717) is 12.1 Å². The number of H-pyrrole nitrogens is 1. The molecule has 0 spiro atoms. The van der Waals surface area contributed by atoms with Gasteiger partial charge in [0.2, 0.25) is 0 Å². The number of pyridine rings is 1. The van der Waals surface area contributed by atoms with Crippen molar-refractivity contribution >= 4 is 11.6 Å². The summed E-state index contributed by atoms with van der Waals surface area (Å²) in [6.45, 7) is 0. The van der Waals surface area contributed by atoms with Crippen molar-refractivity contribution in [3.63, 3.8) is 0 Å². The summed E-state index contributed by atoms with van der Waals surface area (Å²) in [5.74, 6) is -2.16. The predicted molar refractivity (Wildman–Crippen MR) is 74.7 cm³/mol. The molecule has 0 saturated heterocycles. The summed E-state index contributed by atoms with van der Waals surface area (Å²) < 4.78 is 53.2. The van der Waals surface area contributed by atoms with Crippen LogP contribution in [0.15, 0.2) is 35.4 Å². The number of carbonyl (C=O) groups excluding carboxylic acids is 1. The number of hydrogen-bond acceptors (Lipinski definition) is 3. The first-order valence-corrected chi connectivity index (χ1v) is 6.45. The highest BCUT2D eigenvalue weighted by atomic mass is 19.4. The van der Waals surface area contributed by atoms with Crippen molar-refractivity contribution in [1.82, 2.24) is 14.6 Å². The van der Waals surface area contributed by atoms with Crippen molar-refractivity contribution < 1.29 is 22.4 Å². The Kier molecular flexibility index (Phi) is 3.39. The first-order valence-electron chi connectivity index (χ1n) is 6.45. The molecule has 0 radical (unpaired) electrons. The highest BCUT2D eigenvalue weighted by Crippen LogP contribution is 2.33. The smallest absolute Gasteiger partial charge is 0.365 e. The molecule has 0 bridgehead atoms. The normalized spacial score (nSPS) is 11.8. The molecule has 1 aromatic carbocycles. The van der Waals surface area contributed by atoms with Gasteiger partial charge in [-0.2, -0.15) is 13.2 Å². The summed E-state index contributed by atoms with van der Waals surface area (Å²) in [6.07, 6.45) is -3.64. The fourth-order valence-electron chi connectivity index (χ4n) is 2.34. The summed E-state index contributed by atoms with van der Waals surface area (Å²) in [5.41, 5.74) is 2.18. The van der Waals surface area contributed by atoms with Gasteiger partial charge in [0.25, 0.3) is 5.91 Å². The third-order valence-corrected chi connectivity index (χ3v) is 3.33. The van der Waals surface area contributed by atoms with Gasteiger partial charge in [-0.1, -0.05) is 0 Å². The summed E-state index contributed by atoms with van der Waals surface area (Å²) in [6, 6.07) is 2.75. The fourth-order valence-corrected chi connectivity index (χ4v) is 2.34. The number of rotatable bonds is 2. The molecule has 124 valence electrons. The fraction of sp³-hybridized carbons (Fsp3) is 0.0714. The molecule has 0 unspecified atom stereocenters. The van der Waals surface area contributed by atoms with Gasteiger partial charge in [0.15, 0.2) is 11.1 Å². The molecule has 0 aliphatic heterocycles. The van der Waals surface area contributed by atoms with Crippen molar-refractivity contribution in [1.29, 1.82) is 0 Å². The number of primary amides is 1. The number of aromatic amines is 1. The predicted octanol–water partition coefficient (Wildman–Crippen LogP) is 1.95. The highest BCUT2D eigenvalue weighted by Gasteiger charge is 2.32. The zero-order valence-corrected chi connectivity index (χ0v) is 11.7. The van der Waals surface area contributed by atoms with E-state index in [2.05, 4.69) is 10.1 Å². The second-order valence-corrected chi connectivity index (χ2v) is 4.91. The molecule has 3 aromatic rings. The van der Waals surface area contributed by atoms with Gasteiger partial charge in [0, 0.05) is 11.6 Å². The Morgan fingerprint density at radius 1 is 1.21 bits per heavy atom. The Morgan fingerprint density at radius 2 is 1.92 bits per heavy atom. The summed E-state index contributed by atoms with van der Waals surface area (Å²) >= 11 is 0. The molecule has 1 amide bonds. The van der Waals surface area contributed by atoms with Gasteiger partial charge in [-0.25, -0.2) is 13.9 Å². The first-order chi connectivity index (χ1) is 11.2. The van der Waals surface area contributed by atoms with Crippen molar-refractivity contribution in [2.45, 2.75) is 6.18 Å². The molecule has 0 aliphatic rings. The zero-order chi connectivity index (χ0) is 17.6. The number of carbonyl (C=O) groups is 1. The van der Waals surface area contributed by atoms with Crippen LogP contribution in [-0.4, -0.2) is 20.5 Å². The van der Waals surface area contributed by atoms with Crippen LogP contribution in [0.2, 0.25) is 0 Å². The molecule has 3 rings (SSSR count). The minimum absolute atomic E-state index is 0.0949. The lowest BCUT2D eigenvalue weighted by atomic mass is 10.1. The lowest BCUT2D eigenvalue weighted by Gasteiger charge is -2.11. The lowest BCUT2D eigenvalue weighted by molar-refractivity contribution is -0.137. The third kappa shape index (κ3) is 2.51. The van der Waals surface area contributed by atoms with Crippen molar-refractivity contribution in [2.75, 3.05) is 0 Å². The largest absolute Gasteiger partial charge is 0.416 e. The van der Waals surface area contributed by atoms with E-state index >= 15 is 0 Å². The van der Waals surface area contributed by atoms with Crippen LogP contribution in [0, 0.1) is 5.82 Å². The van der Waals surface area contributed by atoms with Gasteiger partial charge < -0.3 is 5.73 Å². The van der Waals surface area contributed by atoms with Gasteiger partial charge in [-0.05, 0) is 18.2 Å². The molecular formula is C14H8F4N4O2. The summed E-state index contributed by atoms with van der Waals surface area (Å²) in [5, 5.41) is 2.54. The maximum absolute atomic E-state index is 13.6. The number of fused-ring (bicyclic) bond motifs is 1. The van der Waals surface area contributed by atoms with Gasteiger partial charge in [0.1, 0.15) is 17.7 Å². The molecule has 24 heavy (non-hydrogen) atoms. The van der Waals surface area contributed by atoms with E-state index in [9.17, 15) is 27.2 Å². The van der Waals surface area contributed by atoms with Crippen LogP contribution in [0.4, 0.5) is 17.6 Å². The monoisotopic (exact) mass is 340 g/mol. The molecular weight excluding hydrogens is 332 g/mol.